The summed E-state index contributed by atoms with van der Waals surface area (Å²) in [5.74, 6) is -0.0927. The molecule has 0 saturated carbocycles. The maximum absolute atomic E-state index is 12.1. The summed E-state index contributed by atoms with van der Waals surface area (Å²) in [7, 11) is 4.03. The highest BCUT2D eigenvalue weighted by atomic mass is 16.1. The van der Waals surface area contributed by atoms with Crippen molar-refractivity contribution in [3.63, 3.8) is 0 Å². The van der Waals surface area contributed by atoms with E-state index in [0.29, 0.717) is 17.6 Å². The first-order valence-electron chi connectivity index (χ1n) is 6.31. The van der Waals surface area contributed by atoms with Crippen LogP contribution in [0.25, 0.3) is 11.0 Å². The second-order valence-corrected chi connectivity index (χ2v) is 4.64. The maximum atomic E-state index is 12.1. The summed E-state index contributed by atoms with van der Waals surface area (Å²) < 4.78 is 0. The first-order chi connectivity index (χ1) is 9.18. The largest absolute Gasteiger partial charge is 0.352 e. The number of carbonyl (C=O) groups is 1. The minimum absolute atomic E-state index is 0.0927. The average Bonchev–Trinajstić information content (AvgIpc) is 2.42. The Morgan fingerprint density at radius 2 is 2.05 bits per heavy atom. The lowest BCUT2D eigenvalue weighted by Crippen LogP contribution is -2.27. The van der Waals surface area contributed by atoms with Crippen LogP contribution in [-0.4, -0.2) is 48.0 Å². The molecule has 0 spiro atoms. The zero-order valence-electron chi connectivity index (χ0n) is 11.3. The van der Waals surface area contributed by atoms with Crippen LogP contribution < -0.4 is 5.32 Å². The van der Waals surface area contributed by atoms with E-state index in [4.69, 9.17) is 0 Å². The molecular formula is C14H18N4O. The Labute approximate surface area is 112 Å². The van der Waals surface area contributed by atoms with E-state index in [1.807, 2.05) is 26.2 Å². The summed E-state index contributed by atoms with van der Waals surface area (Å²) in [4.78, 5) is 22.6. The van der Waals surface area contributed by atoms with E-state index in [0.717, 1.165) is 18.5 Å². The van der Waals surface area contributed by atoms with Gasteiger partial charge in [-0.15, -0.1) is 0 Å². The number of hydrogen-bond donors (Lipinski definition) is 1. The first kappa shape index (κ1) is 13.4. The highest BCUT2D eigenvalue weighted by Crippen LogP contribution is 2.13. The number of hydrogen-bond acceptors (Lipinski definition) is 4. The van der Waals surface area contributed by atoms with Crippen molar-refractivity contribution in [1.82, 2.24) is 20.2 Å². The number of amides is 1. The average molecular weight is 258 g/mol. The Morgan fingerprint density at radius 1 is 1.26 bits per heavy atom. The van der Waals surface area contributed by atoms with Crippen molar-refractivity contribution in [2.45, 2.75) is 6.42 Å². The van der Waals surface area contributed by atoms with Gasteiger partial charge in [0.25, 0.3) is 5.91 Å². The Balaban J connectivity index is 2.05. The SMILES string of the molecule is CN(C)CCCNC(=O)c1cccc2nccnc12. The quantitative estimate of drug-likeness (QED) is 0.822. The number of rotatable bonds is 5. The molecule has 0 radical (unpaired) electrons. The summed E-state index contributed by atoms with van der Waals surface area (Å²) >= 11 is 0. The van der Waals surface area contributed by atoms with E-state index >= 15 is 0 Å². The Kier molecular flexibility index (Phi) is 4.41. The molecule has 1 N–H and O–H groups in total. The van der Waals surface area contributed by atoms with Crippen LogP contribution in [0.5, 0.6) is 0 Å². The third kappa shape index (κ3) is 3.48. The first-order valence-corrected chi connectivity index (χ1v) is 6.31. The molecule has 2 aromatic rings. The molecular weight excluding hydrogens is 240 g/mol. The predicted octanol–water partition coefficient (Wildman–Crippen LogP) is 1.31. The molecule has 100 valence electrons. The lowest BCUT2D eigenvalue weighted by atomic mass is 10.1. The molecule has 1 heterocycles. The Morgan fingerprint density at radius 3 is 2.84 bits per heavy atom. The molecule has 0 bridgehead atoms. The van der Waals surface area contributed by atoms with Crippen molar-refractivity contribution in [1.29, 1.82) is 0 Å². The van der Waals surface area contributed by atoms with Crippen LogP contribution in [-0.2, 0) is 0 Å². The number of nitrogens with one attached hydrogen (secondary N) is 1. The molecule has 0 aliphatic rings. The van der Waals surface area contributed by atoms with Crippen LogP contribution in [0.4, 0.5) is 0 Å². The molecule has 0 aliphatic heterocycles. The molecule has 0 saturated heterocycles. The topological polar surface area (TPSA) is 58.1 Å². The fourth-order valence-corrected chi connectivity index (χ4v) is 1.87. The lowest BCUT2D eigenvalue weighted by molar-refractivity contribution is 0.0954. The molecule has 1 aromatic carbocycles. The van der Waals surface area contributed by atoms with Crippen LogP contribution in [0.3, 0.4) is 0 Å². The van der Waals surface area contributed by atoms with Crippen molar-refractivity contribution in [2.75, 3.05) is 27.2 Å². The second-order valence-electron chi connectivity index (χ2n) is 4.64. The molecule has 0 unspecified atom stereocenters. The van der Waals surface area contributed by atoms with Gasteiger partial charge in [-0.25, -0.2) is 0 Å². The summed E-state index contributed by atoms with van der Waals surface area (Å²) in [6.45, 7) is 1.61. The number of para-hydroxylation sites is 1. The van der Waals surface area contributed by atoms with Gasteiger partial charge in [0.15, 0.2) is 0 Å². The number of fused-ring (bicyclic) bond motifs is 1. The zero-order valence-corrected chi connectivity index (χ0v) is 11.3. The Hall–Kier alpha value is -2.01. The van der Waals surface area contributed by atoms with Gasteiger partial charge >= 0.3 is 0 Å². The highest BCUT2D eigenvalue weighted by Gasteiger charge is 2.10. The second kappa shape index (κ2) is 6.24. The van der Waals surface area contributed by atoms with E-state index in [2.05, 4.69) is 20.2 Å². The van der Waals surface area contributed by atoms with Gasteiger partial charge < -0.3 is 10.2 Å². The van der Waals surface area contributed by atoms with Gasteiger partial charge in [-0.3, -0.25) is 14.8 Å². The third-order valence-corrected chi connectivity index (χ3v) is 2.81. The van der Waals surface area contributed by atoms with Crippen LogP contribution >= 0.6 is 0 Å². The van der Waals surface area contributed by atoms with Gasteiger partial charge in [-0.05, 0) is 39.2 Å². The van der Waals surface area contributed by atoms with E-state index < -0.39 is 0 Å². The zero-order chi connectivity index (χ0) is 13.7. The van der Waals surface area contributed by atoms with Crippen molar-refractivity contribution in [3.8, 4) is 0 Å². The fourth-order valence-electron chi connectivity index (χ4n) is 1.87. The van der Waals surface area contributed by atoms with Gasteiger partial charge in [-0.1, -0.05) is 6.07 Å². The minimum atomic E-state index is -0.0927. The molecule has 0 atom stereocenters. The third-order valence-electron chi connectivity index (χ3n) is 2.81. The number of aromatic nitrogens is 2. The van der Waals surface area contributed by atoms with Crippen molar-refractivity contribution >= 4 is 16.9 Å². The maximum Gasteiger partial charge on any atom is 0.253 e. The van der Waals surface area contributed by atoms with E-state index in [1.165, 1.54) is 0 Å². The van der Waals surface area contributed by atoms with Crippen molar-refractivity contribution in [2.24, 2.45) is 0 Å². The van der Waals surface area contributed by atoms with Crippen LogP contribution in [0, 0.1) is 0 Å². The van der Waals surface area contributed by atoms with Crippen LogP contribution in [0.1, 0.15) is 16.8 Å². The van der Waals surface area contributed by atoms with Gasteiger partial charge in [0.05, 0.1) is 11.1 Å². The van der Waals surface area contributed by atoms with Crippen molar-refractivity contribution < 1.29 is 4.79 Å². The minimum Gasteiger partial charge on any atom is -0.352 e. The molecule has 5 heteroatoms. The molecule has 1 amide bonds. The monoisotopic (exact) mass is 258 g/mol. The molecule has 0 aliphatic carbocycles. The van der Waals surface area contributed by atoms with E-state index in [9.17, 15) is 4.79 Å². The Bertz CT molecular complexity index is 563. The van der Waals surface area contributed by atoms with E-state index in [1.54, 1.807) is 18.5 Å². The number of nitrogens with zero attached hydrogens (tertiary/aromatic N) is 3. The summed E-state index contributed by atoms with van der Waals surface area (Å²) in [6, 6.07) is 5.45. The molecule has 5 nitrogen and oxygen atoms in total. The molecule has 1 aromatic heterocycles. The van der Waals surface area contributed by atoms with Gasteiger partial charge in [0, 0.05) is 18.9 Å². The molecule has 0 fully saturated rings. The summed E-state index contributed by atoms with van der Waals surface area (Å²) in [5, 5.41) is 2.91. The molecule has 2 rings (SSSR count). The normalized spacial score (nSPS) is 10.9. The number of benzene rings is 1. The van der Waals surface area contributed by atoms with Crippen LogP contribution in [0.2, 0.25) is 0 Å². The van der Waals surface area contributed by atoms with Crippen molar-refractivity contribution in [3.05, 3.63) is 36.2 Å². The summed E-state index contributed by atoms with van der Waals surface area (Å²) in [6.07, 6.45) is 4.15. The van der Waals surface area contributed by atoms with Gasteiger partial charge in [0.1, 0.15) is 5.52 Å². The smallest absolute Gasteiger partial charge is 0.253 e. The summed E-state index contributed by atoms with van der Waals surface area (Å²) in [5.41, 5.74) is 1.97. The predicted molar refractivity (Wildman–Crippen MR) is 75.0 cm³/mol. The van der Waals surface area contributed by atoms with Gasteiger partial charge in [0.2, 0.25) is 0 Å². The standard InChI is InChI=1S/C14H18N4O/c1-18(2)10-4-7-17-14(19)11-5-3-6-12-13(11)16-9-8-15-12/h3,5-6,8-9H,4,7,10H2,1-2H3,(H,17,19). The van der Waals surface area contributed by atoms with E-state index in [-0.39, 0.29) is 5.91 Å². The van der Waals surface area contributed by atoms with Gasteiger partial charge in [-0.2, -0.15) is 0 Å². The fraction of sp³-hybridized carbons (Fsp3) is 0.357. The highest BCUT2D eigenvalue weighted by molar-refractivity contribution is 6.04. The molecule has 19 heavy (non-hydrogen) atoms. The number of carbonyl (C=O) groups excluding carboxylic acids is 1. The lowest BCUT2D eigenvalue weighted by Gasteiger charge is -2.10. The van der Waals surface area contributed by atoms with Crippen LogP contribution in [0.15, 0.2) is 30.6 Å².